The number of carbonyl (C=O) groups excluding carboxylic acids is 1. The number of hydrogen-bond acceptors (Lipinski definition) is 1. The molecule has 3 nitrogen and oxygen atoms in total. The van der Waals surface area contributed by atoms with Crippen molar-refractivity contribution in [1.29, 1.82) is 0 Å². The van der Waals surface area contributed by atoms with Crippen LogP contribution in [0.25, 0.3) is 22.0 Å². The van der Waals surface area contributed by atoms with Gasteiger partial charge in [0.1, 0.15) is 0 Å². The fourth-order valence-corrected chi connectivity index (χ4v) is 2.22. The largest absolute Gasteiger partial charge is 0.366 e. The van der Waals surface area contributed by atoms with Gasteiger partial charge in [0, 0.05) is 22.7 Å². The molecule has 1 amide bonds. The Bertz CT molecular complexity index is 728. The highest BCUT2D eigenvalue weighted by atomic mass is 16.1. The van der Waals surface area contributed by atoms with Crippen LogP contribution in [0.3, 0.4) is 0 Å². The van der Waals surface area contributed by atoms with Gasteiger partial charge in [0.15, 0.2) is 0 Å². The van der Waals surface area contributed by atoms with E-state index >= 15 is 0 Å². The molecule has 0 aliphatic rings. The van der Waals surface area contributed by atoms with E-state index in [1.807, 2.05) is 48.7 Å². The van der Waals surface area contributed by atoms with Crippen LogP contribution in [0.4, 0.5) is 0 Å². The summed E-state index contributed by atoms with van der Waals surface area (Å²) in [5.74, 6) is -0.413. The maximum absolute atomic E-state index is 11.5. The van der Waals surface area contributed by atoms with Crippen molar-refractivity contribution in [3.63, 3.8) is 0 Å². The Morgan fingerprint density at radius 1 is 1.00 bits per heavy atom. The summed E-state index contributed by atoms with van der Waals surface area (Å²) in [6.07, 6.45) is 1.93. The highest BCUT2D eigenvalue weighted by molar-refractivity contribution is 6.04. The Hall–Kier alpha value is -2.55. The molecule has 2 aromatic carbocycles. The summed E-state index contributed by atoms with van der Waals surface area (Å²) in [7, 11) is 0. The third-order valence-electron chi connectivity index (χ3n) is 3.06. The lowest BCUT2D eigenvalue weighted by atomic mass is 10.0. The van der Waals surface area contributed by atoms with Crippen molar-refractivity contribution < 1.29 is 4.79 Å². The molecule has 1 aromatic heterocycles. The molecule has 3 heteroatoms. The minimum atomic E-state index is -0.413. The van der Waals surface area contributed by atoms with Crippen LogP contribution in [-0.2, 0) is 0 Å². The van der Waals surface area contributed by atoms with Gasteiger partial charge in [-0.2, -0.15) is 0 Å². The van der Waals surface area contributed by atoms with Gasteiger partial charge in [-0.15, -0.1) is 0 Å². The van der Waals surface area contributed by atoms with Gasteiger partial charge in [-0.3, -0.25) is 4.79 Å². The van der Waals surface area contributed by atoms with Crippen molar-refractivity contribution in [1.82, 2.24) is 4.98 Å². The van der Waals surface area contributed by atoms with E-state index in [0.29, 0.717) is 5.56 Å². The van der Waals surface area contributed by atoms with Crippen LogP contribution in [0.15, 0.2) is 54.7 Å². The molecule has 0 radical (unpaired) electrons. The van der Waals surface area contributed by atoms with E-state index in [1.165, 1.54) is 0 Å². The second-order valence-corrected chi connectivity index (χ2v) is 4.16. The third-order valence-corrected chi connectivity index (χ3v) is 3.06. The van der Waals surface area contributed by atoms with E-state index in [2.05, 4.69) is 4.98 Å². The average Bonchev–Trinajstić information content (AvgIpc) is 2.82. The number of hydrogen-bond donors (Lipinski definition) is 2. The molecule has 0 spiro atoms. The summed E-state index contributed by atoms with van der Waals surface area (Å²) in [4.78, 5) is 14.7. The normalized spacial score (nSPS) is 10.7. The van der Waals surface area contributed by atoms with Crippen LogP contribution >= 0.6 is 0 Å². The van der Waals surface area contributed by atoms with E-state index in [4.69, 9.17) is 5.73 Å². The first-order valence-electron chi connectivity index (χ1n) is 5.72. The number of nitrogens with two attached hydrogens (primary N) is 1. The molecule has 0 aliphatic carbocycles. The number of benzene rings is 2. The number of carbonyl (C=O) groups is 1. The first kappa shape index (κ1) is 10.6. The van der Waals surface area contributed by atoms with Crippen LogP contribution in [0.5, 0.6) is 0 Å². The number of rotatable bonds is 2. The fraction of sp³-hybridized carbons (Fsp3) is 0. The first-order valence-corrected chi connectivity index (χ1v) is 5.72. The zero-order valence-corrected chi connectivity index (χ0v) is 9.68. The van der Waals surface area contributed by atoms with E-state index in [1.54, 1.807) is 6.07 Å². The van der Waals surface area contributed by atoms with Crippen molar-refractivity contribution in [2.24, 2.45) is 5.73 Å². The van der Waals surface area contributed by atoms with Crippen molar-refractivity contribution in [3.8, 4) is 11.3 Å². The van der Waals surface area contributed by atoms with Gasteiger partial charge >= 0.3 is 0 Å². The lowest BCUT2D eigenvalue weighted by Crippen LogP contribution is -2.12. The first-order chi connectivity index (χ1) is 8.77. The quantitative estimate of drug-likeness (QED) is 0.706. The van der Waals surface area contributed by atoms with Gasteiger partial charge in [-0.05, 0) is 11.5 Å². The summed E-state index contributed by atoms with van der Waals surface area (Å²) in [5.41, 5.74) is 7.71. The summed E-state index contributed by atoms with van der Waals surface area (Å²) in [5, 5.41) is 2.21. The Balaban J connectivity index is 2.30. The van der Waals surface area contributed by atoms with Crippen molar-refractivity contribution in [2.75, 3.05) is 0 Å². The molecular formula is C15H12N2O. The molecule has 0 bridgehead atoms. The van der Waals surface area contributed by atoms with Crippen LogP contribution in [0.1, 0.15) is 10.4 Å². The number of H-pyrrole nitrogens is 1. The number of aromatic nitrogens is 1. The molecule has 0 fully saturated rings. The monoisotopic (exact) mass is 236 g/mol. The van der Waals surface area contributed by atoms with Crippen molar-refractivity contribution in [3.05, 3.63) is 60.3 Å². The molecule has 0 aliphatic heterocycles. The number of primary amides is 1. The second-order valence-electron chi connectivity index (χ2n) is 4.16. The third kappa shape index (κ3) is 1.57. The molecule has 88 valence electrons. The van der Waals surface area contributed by atoms with Crippen LogP contribution in [0, 0.1) is 0 Å². The van der Waals surface area contributed by atoms with Gasteiger partial charge in [0.2, 0.25) is 5.91 Å². The number of nitrogens with one attached hydrogen (secondary N) is 1. The van der Waals surface area contributed by atoms with Gasteiger partial charge < -0.3 is 10.7 Å². The number of aromatic amines is 1. The highest BCUT2D eigenvalue weighted by Gasteiger charge is 2.12. The fourth-order valence-electron chi connectivity index (χ4n) is 2.22. The van der Waals surface area contributed by atoms with Crippen molar-refractivity contribution in [2.45, 2.75) is 0 Å². The summed E-state index contributed by atoms with van der Waals surface area (Å²) < 4.78 is 0. The van der Waals surface area contributed by atoms with Crippen LogP contribution < -0.4 is 5.73 Å². The predicted octanol–water partition coefficient (Wildman–Crippen LogP) is 2.93. The summed E-state index contributed by atoms with van der Waals surface area (Å²) >= 11 is 0. The zero-order valence-electron chi connectivity index (χ0n) is 9.68. The lowest BCUT2D eigenvalue weighted by Gasteiger charge is -2.05. The zero-order chi connectivity index (χ0) is 12.5. The van der Waals surface area contributed by atoms with Gasteiger partial charge in [-0.25, -0.2) is 0 Å². The van der Waals surface area contributed by atoms with Crippen LogP contribution in [0.2, 0.25) is 0 Å². The molecule has 0 atom stereocenters. The lowest BCUT2D eigenvalue weighted by molar-refractivity contribution is 0.100. The molecule has 0 saturated heterocycles. The summed E-state index contributed by atoms with van der Waals surface area (Å²) in [6.45, 7) is 0. The Morgan fingerprint density at radius 3 is 2.56 bits per heavy atom. The van der Waals surface area contributed by atoms with Gasteiger partial charge in [0.05, 0.1) is 5.69 Å². The molecule has 18 heavy (non-hydrogen) atoms. The highest BCUT2D eigenvalue weighted by Crippen LogP contribution is 2.29. The molecule has 1 heterocycles. The molecule has 0 saturated carbocycles. The number of fused-ring (bicyclic) bond motifs is 1. The molecule has 3 aromatic rings. The maximum Gasteiger partial charge on any atom is 0.249 e. The van der Waals surface area contributed by atoms with Gasteiger partial charge in [-0.1, -0.05) is 42.5 Å². The van der Waals surface area contributed by atoms with Crippen LogP contribution in [-0.4, -0.2) is 10.9 Å². The maximum atomic E-state index is 11.5. The molecule has 3 N–H and O–H groups in total. The minimum Gasteiger partial charge on any atom is -0.366 e. The van der Waals surface area contributed by atoms with E-state index in [9.17, 15) is 4.79 Å². The number of amides is 1. The standard InChI is InChI=1S/C15H12N2O/c16-15(18)13-8-4-3-7-12(13)14-11-6-2-1-5-10(11)9-17-14/h1-9,17H,(H2,16,18). The van der Waals surface area contributed by atoms with E-state index < -0.39 is 5.91 Å². The van der Waals surface area contributed by atoms with Gasteiger partial charge in [0.25, 0.3) is 0 Å². The second kappa shape index (κ2) is 4.04. The average molecular weight is 236 g/mol. The summed E-state index contributed by atoms with van der Waals surface area (Å²) in [6, 6.07) is 15.4. The molecule has 0 unspecified atom stereocenters. The smallest absolute Gasteiger partial charge is 0.249 e. The predicted molar refractivity (Wildman–Crippen MR) is 72.3 cm³/mol. The SMILES string of the molecule is NC(=O)c1ccccc1-c1[nH]cc2ccccc12. The van der Waals surface area contributed by atoms with Crippen molar-refractivity contribution >= 4 is 16.7 Å². The van der Waals surface area contributed by atoms with E-state index in [0.717, 1.165) is 22.0 Å². The topological polar surface area (TPSA) is 58.9 Å². The Labute approximate surface area is 104 Å². The Kier molecular flexibility index (Phi) is 2.38. The molecular weight excluding hydrogens is 224 g/mol. The molecule has 3 rings (SSSR count). The Morgan fingerprint density at radius 2 is 1.72 bits per heavy atom. The van der Waals surface area contributed by atoms with E-state index in [-0.39, 0.29) is 0 Å². The minimum absolute atomic E-state index is 0.413.